The van der Waals surface area contributed by atoms with Gasteiger partial charge < -0.3 is 15.0 Å². The zero-order valence-corrected chi connectivity index (χ0v) is 16.1. The Balaban J connectivity index is 0.00000243. The summed E-state index contributed by atoms with van der Waals surface area (Å²) in [6.07, 6.45) is 1.16. The van der Waals surface area contributed by atoms with E-state index in [4.69, 9.17) is 4.74 Å². The Labute approximate surface area is 159 Å². The van der Waals surface area contributed by atoms with Crippen LogP contribution in [0.15, 0.2) is 24.3 Å². The Kier molecular flexibility index (Phi) is 6.67. The molecule has 0 aliphatic carbocycles. The highest BCUT2D eigenvalue weighted by molar-refractivity contribution is 5.90. The molecule has 1 aliphatic heterocycles. The number of fused-ring (bicyclic) bond motifs is 3. The third-order valence-corrected chi connectivity index (χ3v) is 4.66. The van der Waals surface area contributed by atoms with Crippen molar-refractivity contribution in [3.05, 3.63) is 35.5 Å². The summed E-state index contributed by atoms with van der Waals surface area (Å²) in [5.74, 6) is -0.276. The number of halogens is 1. The Morgan fingerprint density at radius 3 is 2.73 bits per heavy atom. The van der Waals surface area contributed by atoms with E-state index in [1.165, 1.54) is 12.7 Å². The summed E-state index contributed by atoms with van der Waals surface area (Å²) < 4.78 is 4.82. The van der Waals surface area contributed by atoms with Crippen LogP contribution in [-0.4, -0.2) is 36.1 Å². The van der Waals surface area contributed by atoms with Gasteiger partial charge in [0.2, 0.25) is 5.91 Å². The molecule has 0 spiro atoms. The summed E-state index contributed by atoms with van der Waals surface area (Å²) in [5, 5.41) is 7.27. The summed E-state index contributed by atoms with van der Waals surface area (Å²) in [4.78, 5) is 28.0. The van der Waals surface area contributed by atoms with Gasteiger partial charge >= 0.3 is 5.97 Å². The molecule has 2 heterocycles. The molecule has 0 bridgehead atoms. The summed E-state index contributed by atoms with van der Waals surface area (Å²) in [6, 6.07) is 7.15. The number of rotatable bonds is 5. The topological polar surface area (TPSA) is 83.2 Å². The molecular weight excluding hydrogens is 354 g/mol. The maximum Gasteiger partial charge on any atom is 0.328 e. The van der Waals surface area contributed by atoms with Crippen LogP contribution in [0.25, 0.3) is 10.9 Å². The first kappa shape index (κ1) is 20.3. The van der Waals surface area contributed by atoms with Gasteiger partial charge in [0.25, 0.3) is 0 Å². The Hall–Kier alpha value is -2.05. The molecule has 0 unspecified atom stereocenters. The summed E-state index contributed by atoms with van der Waals surface area (Å²) in [5.41, 5.74) is 3.38. The lowest BCUT2D eigenvalue weighted by atomic mass is 9.97. The lowest BCUT2D eigenvalue weighted by Gasteiger charge is -2.26. The van der Waals surface area contributed by atoms with Gasteiger partial charge in [0, 0.05) is 23.1 Å². The standard InChI is InChI=1S/C19H25N3O3.ClH/c1-11(2)8-16(19(24)25-3)22-18(23)15-9-13-12-6-4-5-7-14(12)21-17(13)10-20-15;/h4-7,11,15-16,20-21H,8-10H2,1-3H3,(H,22,23);1H/t15-,16+;/m1./s1. The number of para-hydroxylation sites is 1. The number of aromatic nitrogens is 1. The highest BCUT2D eigenvalue weighted by atomic mass is 35.5. The monoisotopic (exact) mass is 379 g/mol. The van der Waals surface area contributed by atoms with E-state index in [9.17, 15) is 9.59 Å². The quantitative estimate of drug-likeness (QED) is 0.696. The van der Waals surface area contributed by atoms with Crippen molar-refractivity contribution in [1.29, 1.82) is 0 Å². The van der Waals surface area contributed by atoms with E-state index in [0.717, 1.165) is 16.6 Å². The average molecular weight is 380 g/mol. The third-order valence-electron chi connectivity index (χ3n) is 4.66. The van der Waals surface area contributed by atoms with Crippen LogP contribution < -0.4 is 10.6 Å². The molecule has 3 N–H and O–H groups in total. The van der Waals surface area contributed by atoms with Gasteiger partial charge in [-0.1, -0.05) is 32.0 Å². The molecule has 1 amide bonds. The fourth-order valence-electron chi connectivity index (χ4n) is 3.43. The molecule has 6 nitrogen and oxygen atoms in total. The van der Waals surface area contributed by atoms with Crippen molar-refractivity contribution in [2.75, 3.05) is 7.11 Å². The van der Waals surface area contributed by atoms with Crippen LogP contribution in [0, 0.1) is 5.92 Å². The van der Waals surface area contributed by atoms with Gasteiger partial charge in [-0.25, -0.2) is 4.79 Å². The number of methoxy groups -OCH3 is 1. The number of ether oxygens (including phenoxy) is 1. The second-order valence-corrected chi connectivity index (χ2v) is 6.98. The molecule has 142 valence electrons. The molecule has 2 aromatic rings. The van der Waals surface area contributed by atoms with Crippen LogP contribution in [0.5, 0.6) is 0 Å². The van der Waals surface area contributed by atoms with Crippen molar-refractivity contribution >= 4 is 35.2 Å². The van der Waals surface area contributed by atoms with Gasteiger partial charge in [-0.2, -0.15) is 0 Å². The smallest absolute Gasteiger partial charge is 0.328 e. The average Bonchev–Trinajstić information content (AvgIpc) is 2.97. The van der Waals surface area contributed by atoms with E-state index in [0.29, 0.717) is 19.4 Å². The van der Waals surface area contributed by atoms with Gasteiger partial charge in [-0.3, -0.25) is 10.1 Å². The number of aromatic amines is 1. The van der Waals surface area contributed by atoms with E-state index in [1.54, 1.807) is 0 Å². The number of esters is 1. The van der Waals surface area contributed by atoms with Crippen LogP contribution in [0.1, 0.15) is 31.5 Å². The summed E-state index contributed by atoms with van der Waals surface area (Å²) >= 11 is 0. The molecule has 3 rings (SSSR count). The maximum atomic E-state index is 12.7. The molecule has 26 heavy (non-hydrogen) atoms. The minimum Gasteiger partial charge on any atom is -0.467 e. The van der Waals surface area contributed by atoms with Crippen molar-refractivity contribution in [1.82, 2.24) is 15.6 Å². The maximum absolute atomic E-state index is 12.7. The Morgan fingerprint density at radius 2 is 2.04 bits per heavy atom. The van der Waals surface area contributed by atoms with E-state index in [-0.39, 0.29) is 30.3 Å². The van der Waals surface area contributed by atoms with Crippen molar-refractivity contribution < 1.29 is 14.3 Å². The van der Waals surface area contributed by atoms with Gasteiger partial charge in [0.1, 0.15) is 6.04 Å². The number of hydrogen-bond donors (Lipinski definition) is 3. The summed E-state index contributed by atoms with van der Waals surface area (Å²) in [6.45, 7) is 4.63. The fraction of sp³-hybridized carbons (Fsp3) is 0.474. The number of benzene rings is 1. The van der Waals surface area contributed by atoms with E-state index < -0.39 is 12.0 Å². The van der Waals surface area contributed by atoms with Crippen molar-refractivity contribution in [2.24, 2.45) is 5.92 Å². The van der Waals surface area contributed by atoms with Crippen LogP contribution >= 0.6 is 12.4 Å². The zero-order chi connectivity index (χ0) is 18.0. The predicted octanol–water partition coefficient (Wildman–Crippen LogP) is 2.31. The normalized spacial score (nSPS) is 17.3. The zero-order valence-electron chi connectivity index (χ0n) is 15.3. The SMILES string of the molecule is COC(=O)[C@H](CC(C)C)NC(=O)[C@H]1Cc2c([nH]c3ccccc23)CN1.Cl. The molecule has 2 atom stereocenters. The molecule has 0 fully saturated rings. The number of carbonyl (C=O) groups excluding carboxylic acids is 2. The Morgan fingerprint density at radius 1 is 1.31 bits per heavy atom. The number of hydrogen-bond acceptors (Lipinski definition) is 4. The van der Waals surface area contributed by atoms with Crippen LogP contribution in [0.2, 0.25) is 0 Å². The van der Waals surface area contributed by atoms with Gasteiger partial charge in [-0.05, 0) is 30.4 Å². The van der Waals surface area contributed by atoms with Gasteiger partial charge in [0.15, 0.2) is 0 Å². The van der Waals surface area contributed by atoms with Crippen molar-refractivity contribution in [2.45, 2.75) is 45.3 Å². The first-order valence-corrected chi connectivity index (χ1v) is 8.69. The van der Waals surface area contributed by atoms with E-state index in [1.807, 2.05) is 32.0 Å². The van der Waals surface area contributed by atoms with Crippen LogP contribution in [-0.2, 0) is 27.3 Å². The number of carbonyl (C=O) groups is 2. The van der Waals surface area contributed by atoms with E-state index in [2.05, 4.69) is 21.7 Å². The fourth-order valence-corrected chi connectivity index (χ4v) is 3.43. The highest BCUT2D eigenvalue weighted by Gasteiger charge is 2.30. The largest absolute Gasteiger partial charge is 0.467 e. The Bertz CT molecular complexity index is 787. The third kappa shape index (κ3) is 4.19. The lowest BCUT2D eigenvalue weighted by Crippen LogP contribution is -2.52. The van der Waals surface area contributed by atoms with Crippen molar-refractivity contribution in [3.63, 3.8) is 0 Å². The second kappa shape index (κ2) is 8.56. The molecule has 1 aromatic heterocycles. The molecular formula is C19H26ClN3O3. The van der Waals surface area contributed by atoms with Crippen molar-refractivity contribution in [3.8, 4) is 0 Å². The molecule has 7 heteroatoms. The molecule has 0 saturated heterocycles. The van der Waals surface area contributed by atoms with Gasteiger partial charge in [-0.15, -0.1) is 12.4 Å². The molecule has 0 saturated carbocycles. The number of nitrogens with one attached hydrogen (secondary N) is 3. The highest BCUT2D eigenvalue weighted by Crippen LogP contribution is 2.26. The molecule has 1 aromatic carbocycles. The first-order valence-electron chi connectivity index (χ1n) is 8.69. The van der Waals surface area contributed by atoms with Gasteiger partial charge in [0.05, 0.1) is 13.2 Å². The molecule has 0 radical (unpaired) electrons. The predicted molar refractivity (Wildman–Crippen MR) is 103 cm³/mol. The second-order valence-electron chi connectivity index (χ2n) is 6.98. The number of amides is 1. The first-order chi connectivity index (χ1) is 12.0. The minimum atomic E-state index is -0.608. The van der Waals surface area contributed by atoms with E-state index >= 15 is 0 Å². The lowest BCUT2D eigenvalue weighted by molar-refractivity contribution is -0.145. The number of H-pyrrole nitrogens is 1. The minimum absolute atomic E-state index is 0. The van der Waals surface area contributed by atoms with Crippen LogP contribution in [0.4, 0.5) is 0 Å². The summed E-state index contributed by atoms with van der Waals surface area (Å²) in [7, 11) is 1.35. The molecule has 1 aliphatic rings. The van der Waals surface area contributed by atoms with Crippen LogP contribution in [0.3, 0.4) is 0 Å².